The molecule has 0 amide bonds. The lowest BCUT2D eigenvalue weighted by Crippen LogP contribution is -2.34. The molecule has 23 heavy (non-hydrogen) atoms. The number of nitrogens with one attached hydrogen (secondary N) is 1. The van der Waals surface area contributed by atoms with Gasteiger partial charge in [-0.1, -0.05) is 25.7 Å². The van der Waals surface area contributed by atoms with Crippen LogP contribution >= 0.6 is 0 Å². The van der Waals surface area contributed by atoms with E-state index in [2.05, 4.69) is 15.3 Å². The first-order valence-electron chi connectivity index (χ1n) is 8.56. The summed E-state index contributed by atoms with van der Waals surface area (Å²) in [6.45, 7) is 0. The molecule has 6 nitrogen and oxygen atoms in total. The highest BCUT2D eigenvalue weighted by Crippen LogP contribution is 2.23. The highest BCUT2D eigenvalue weighted by molar-refractivity contribution is 7.91. The maximum atomic E-state index is 11.7. The van der Waals surface area contributed by atoms with Crippen LogP contribution in [0, 0.1) is 0 Å². The highest BCUT2D eigenvalue weighted by atomic mass is 32.2. The Balaban J connectivity index is 1.67. The Kier molecular flexibility index (Phi) is 5.04. The molecule has 2 fully saturated rings. The first kappa shape index (κ1) is 16.5. The topological polar surface area (TPSA) is 75.2 Å². The molecular weight excluding hydrogens is 312 g/mol. The Bertz CT molecular complexity index is 627. The Hall–Kier alpha value is -1.37. The Labute approximate surface area is 138 Å². The first-order valence-corrected chi connectivity index (χ1v) is 10.4. The zero-order chi connectivity index (χ0) is 16.3. The fourth-order valence-electron chi connectivity index (χ4n) is 3.48. The smallest absolute Gasteiger partial charge is 0.227 e. The maximum Gasteiger partial charge on any atom is 0.227 e. The summed E-state index contributed by atoms with van der Waals surface area (Å²) >= 11 is 0. The van der Waals surface area contributed by atoms with Crippen LogP contribution in [0.1, 0.15) is 44.9 Å². The zero-order valence-electron chi connectivity index (χ0n) is 13.7. The molecule has 2 heterocycles. The van der Waals surface area contributed by atoms with Gasteiger partial charge < -0.3 is 10.2 Å². The number of anilines is 2. The van der Waals surface area contributed by atoms with Crippen LogP contribution in [-0.4, -0.2) is 49.0 Å². The van der Waals surface area contributed by atoms with Crippen LogP contribution in [0.25, 0.3) is 0 Å². The molecule has 1 aliphatic carbocycles. The van der Waals surface area contributed by atoms with E-state index in [1.165, 1.54) is 38.5 Å². The van der Waals surface area contributed by atoms with E-state index in [-0.39, 0.29) is 17.5 Å². The molecule has 1 saturated heterocycles. The summed E-state index contributed by atoms with van der Waals surface area (Å²) in [6.07, 6.45) is 9.99. The summed E-state index contributed by atoms with van der Waals surface area (Å²) in [7, 11) is -1.01. The first-order chi connectivity index (χ1) is 11.0. The minimum Gasteiger partial charge on any atom is -0.367 e. The maximum absolute atomic E-state index is 11.7. The molecular formula is C16H26N4O2S. The summed E-state index contributed by atoms with van der Waals surface area (Å²) in [6, 6.07) is 2.36. The molecule has 1 unspecified atom stereocenters. The molecule has 0 bridgehead atoms. The molecule has 1 saturated carbocycles. The number of nitrogens with zero attached hydrogens (tertiary/aromatic N) is 3. The Morgan fingerprint density at radius 2 is 1.91 bits per heavy atom. The number of hydrogen-bond donors (Lipinski definition) is 1. The van der Waals surface area contributed by atoms with Crippen LogP contribution < -0.4 is 10.2 Å². The second-order valence-corrected chi connectivity index (χ2v) is 8.97. The van der Waals surface area contributed by atoms with Gasteiger partial charge in [0.2, 0.25) is 5.95 Å². The molecule has 1 aromatic rings. The van der Waals surface area contributed by atoms with Gasteiger partial charge in [-0.15, -0.1) is 0 Å². The fraction of sp³-hybridized carbons (Fsp3) is 0.750. The standard InChI is InChI=1S/C16H26N4O2S/c1-20(14-9-11-23(21,22)12-14)16-17-10-8-15(19-16)18-13-6-4-2-3-5-7-13/h8,10,13-14H,2-7,9,11-12H2,1H3,(H,17,18,19). The van der Waals surface area contributed by atoms with E-state index >= 15 is 0 Å². The molecule has 0 aromatic carbocycles. The van der Waals surface area contributed by atoms with Crippen molar-refractivity contribution in [3.05, 3.63) is 12.3 Å². The van der Waals surface area contributed by atoms with E-state index in [0.29, 0.717) is 18.4 Å². The van der Waals surface area contributed by atoms with Crippen molar-refractivity contribution in [3.8, 4) is 0 Å². The monoisotopic (exact) mass is 338 g/mol. The molecule has 1 aliphatic heterocycles. The molecule has 0 spiro atoms. The van der Waals surface area contributed by atoms with Gasteiger partial charge in [0.25, 0.3) is 0 Å². The highest BCUT2D eigenvalue weighted by Gasteiger charge is 2.31. The van der Waals surface area contributed by atoms with Crippen molar-refractivity contribution in [1.82, 2.24) is 9.97 Å². The van der Waals surface area contributed by atoms with Crippen molar-refractivity contribution in [1.29, 1.82) is 0 Å². The van der Waals surface area contributed by atoms with Crippen molar-refractivity contribution in [2.45, 2.75) is 57.0 Å². The van der Waals surface area contributed by atoms with Gasteiger partial charge in [-0.25, -0.2) is 13.4 Å². The Morgan fingerprint density at radius 3 is 2.57 bits per heavy atom. The van der Waals surface area contributed by atoms with Crippen LogP contribution in [-0.2, 0) is 9.84 Å². The lowest BCUT2D eigenvalue weighted by molar-refractivity contribution is 0.600. The van der Waals surface area contributed by atoms with Crippen LogP contribution in [0.15, 0.2) is 12.3 Å². The third-order valence-electron chi connectivity index (χ3n) is 4.92. The minimum atomic E-state index is -2.90. The lowest BCUT2D eigenvalue weighted by atomic mass is 10.1. The average Bonchev–Trinajstić information content (AvgIpc) is 2.73. The van der Waals surface area contributed by atoms with E-state index in [9.17, 15) is 8.42 Å². The normalized spacial score (nSPS) is 25.0. The summed E-state index contributed by atoms with van der Waals surface area (Å²) in [5.74, 6) is 1.91. The van der Waals surface area contributed by atoms with Gasteiger partial charge in [0.05, 0.1) is 11.5 Å². The average molecular weight is 338 g/mol. The summed E-state index contributed by atoms with van der Waals surface area (Å²) in [5.41, 5.74) is 0. The van der Waals surface area contributed by atoms with Crippen LogP contribution in [0.2, 0.25) is 0 Å². The fourth-order valence-corrected chi connectivity index (χ4v) is 5.25. The van der Waals surface area contributed by atoms with Gasteiger partial charge >= 0.3 is 0 Å². The van der Waals surface area contributed by atoms with Crippen LogP contribution in [0.5, 0.6) is 0 Å². The minimum absolute atomic E-state index is 0.0202. The zero-order valence-corrected chi connectivity index (χ0v) is 14.6. The van der Waals surface area contributed by atoms with E-state index < -0.39 is 9.84 Å². The second-order valence-electron chi connectivity index (χ2n) is 6.74. The van der Waals surface area contributed by atoms with Crippen LogP contribution in [0.3, 0.4) is 0 Å². The largest absolute Gasteiger partial charge is 0.367 e. The molecule has 1 aromatic heterocycles. The predicted octanol–water partition coefficient (Wildman–Crippen LogP) is 2.23. The van der Waals surface area contributed by atoms with Gasteiger partial charge in [0.1, 0.15) is 5.82 Å². The summed E-state index contributed by atoms with van der Waals surface area (Å²) in [5, 5.41) is 3.53. The van der Waals surface area contributed by atoms with Gasteiger partial charge in [0, 0.05) is 25.3 Å². The molecule has 0 radical (unpaired) electrons. The molecule has 1 atom stereocenters. The van der Waals surface area contributed by atoms with Gasteiger partial charge in [-0.05, 0) is 25.3 Å². The second kappa shape index (κ2) is 7.03. The van der Waals surface area contributed by atoms with Crippen molar-refractivity contribution < 1.29 is 8.42 Å². The molecule has 2 aliphatic rings. The predicted molar refractivity (Wildman–Crippen MR) is 92.6 cm³/mol. The van der Waals surface area contributed by atoms with Crippen molar-refractivity contribution in [2.75, 3.05) is 28.8 Å². The number of sulfone groups is 1. The third kappa shape index (κ3) is 4.34. The number of rotatable bonds is 4. The van der Waals surface area contributed by atoms with Gasteiger partial charge in [-0.2, -0.15) is 4.98 Å². The van der Waals surface area contributed by atoms with Crippen molar-refractivity contribution >= 4 is 21.6 Å². The molecule has 7 heteroatoms. The Morgan fingerprint density at radius 1 is 1.17 bits per heavy atom. The summed E-state index contributed by atoms with van der Waals surface area (Å²) < 4.78 is 23.3. The van der Waals surface area contributed by atoms with Gasteiger partial charge in [-0.3, -0.25) is 0 Å². The quantitative estimate of drug-likeness (QED) is 0.849. The molecule has 1 N–H and O–H groups in total. The number of aromatic nitrogens is 2. The molecule has 128 valence electrons. The van der Waals surface area contributed by atoms with E-state index in [1.54, 1.807) is 6.20 Å². The third-order valence-corrected chi connectivity index (χ3v) is 6.67. The van der Waals surface area contributed by atoms with E-state index in [1.807, 2.05) is 18.0 Å². The summed E-state index contributed by atoms with van der Waals surface area (Å²) in [4.78, 5) is 10.8. The van der Waals surface area contributed by atoms with E-state index in [4.69, 9.17) is 0 Å². The van der Waals surface area contributed by atoms with E-state index in [0.717, 1.165) is 5.82 Å². The lowest BCUT2D eigenvalue weighted by Gasteiger charge is -2.24. The SMILES string of the molecule is CN(c1nccc(NC2CCCCCC2)n1)C1CCS(=O)(=O)C1. The van der Waals surface area contributed by atoms with Crippen molar-refractivity contribution in [2.24, 2.45) is 0 Å². The molecule has 3 rings (SSSR count). The van der Waals surface area contributed by atoms with Crippen molar-refractivity contribution in [3.63, 3.8) is 0 Å². The number of hydrogen-bond acceptors (Lipinski definition) is 6. The van der Waals surface area contributed by atoms with Gasteiger partial charge in [0.15, 0.2) is 9.84 Å². The van der Waals surface area contributed by atoms with Crippen LogP contribution in [0.4, 0.5) is 11.8 Å².